The van der Waals surface area contributed by atoms with Gasteiger partial charge in [0.15, 0.2) is 28.9 Å². The second-order valence-corrected chi connectivity index (χ2v) is 3.97. The molecule has 4 nitrogen and oxygen atoms in total. The molecular weight excluding hydrogens is 276 g/mol. The van der Waals surface area contributed by atoms with Gasteiger partial charge in [0.1, 0.15) is 11.2 Å². The van der Waals surface area contributed by atoms with E-state index < -0.39 is 29.0 Å². The minimum absolute atomic E-state index is 0.00667. The minimum atomic E-state index is -1.57. The van der Waals surface area contributed by atoms with Crippen molar-refractivity contribution < 1.29 is 17.6 Å². The first-order chi connectivity index (χ1) is 9.50. The maximum atomic E-state index is 13.8. The van der Waals surface area contributed by atoms with Crippen LogP contribution in [0.2, 0.25) is 0 Å². The summed E-state index contributed by atoms with van der Waals surface area (Å²) in [7, 11) is 0. The summed E-state index contributed by atoms with van der Waals surface area (Å²) in [5.74, 6) is -6.53. The number of fused-ring (bicyclic) bond motifs is 1. The van der Waals surface area contributed by atoms with Crippen LogP contribution in [0.15, 0.2) is 24.4 Å². The molecule has 0 spiro atoms. The quantitative estimate of drug-likeness (QED) is 0.551. The summed E-state index contributed by atoms with van der Waals surface area (Å²) in [5, 5.41) is 0. The van der Waals surface area contributed by atoms with Crippen LogP contribution in [-0.4, -0.2) is 14.5 Å². The highest BCUT2D eigenvalue weighted by molar-refractivity contribution is 5.76. The Labute approximate surface area is 109 Å². The van der Waals surface area contributed by atoms with Crippen LogP contribution in [0.1, 0.15) is 0 Å². The van der Waals surface area contributed by atoms with E-state index in [-0.39, 0.29) is 23.2 Å². The van der Waals surface area contributed by atoms with Crippen molar-refractivity contribution >= 4 is 17.1 Å². The number of rotatable bonds is 1. The Kier molecular flexibility index (Phi) is 2.60. The number of anilines is 1. The third-order valence-electron chi connectivity index (χ3n) is 2.75. The summed E-state index contributed by atoms with van der Waals surface area (Å²) in [4.78, 5) is 7.69. The lowest BCUT2D eigenvalue weighted by Crippen LogP contribution is -2.09. The van der Waals surface area contributed by atoms with Gasteiger partial charge in [-0.3, -0.25) is 4.57 Å². The summed E-state index contributed by atoms with van der Waals surface area (Å²) in [6.07, 6.45) is 1.34. The number of nitrogens with two attached hydrogens (primary N) is 1. The highest BCUT2D eigenvalue weighted by atomic mass is 19.2. The van der Waals surface area contributed by atoms with E-state index in [1.54, 1.807) is 0 Å². The fraction of sp³-hybridized carbons (Fsp3) is 0. The van der Waals surface area contributed by atoms with Crippen molar-refractivity contribution in [2.75, 3.05) is 5.73 Å². The summed E-state index contributed by atoms with van der Waals surface area (Å²) in [6, 6.07) is 3.16. The molecule has 0 bridgehead atoms. The molecular formula is C12H6F4N4. The number of aromatic nitrogens is 3. The van der Waals surface area contributed by atoms with Crippen LogP contribution in [0.25, 0.3) is 16.9 Å². The van der Waals surface area contributed by atoms with E-state index in [0.717, 1.165) is 4.57 Å². The molecule has 8 heteroatoms. The smallest absolute Gasteiger partial charge is 0.207 e. The molecule has 0 amide bonds. The lowest BCUT2D eigenvalue weighted by atomic mass is 10.2. The molecule has 3 aromatic rings. The highest BCUT2D eigenvalue weighted by Gasteiger charge is 2.24. The maximum absolute atomic E-state index is 13.8. The molecule has 2 aromatic heterocycles. The van der Waals surface area contributed by atoms with Crippen molar-refractivity contribution in [3.05, 3.63) is 47.7 Å². The number of benzene rings is 1. The number of imidazole rings is 1. The van der Waals surface area contributed by atoms with Crippen molar-refractivity contribution in [2.24, 2.45) is 0 Å². The molecule has 2 N–H and O–H groups in total. The normalized spacial score (nSPS) is 11.2. The topological polar surface area (TPSA) is 56.7 Å². The number of pyridine rings is 1. The average Bonchev–Trinajstić information content (AvgIpc) is 2.74. The summed E-state index contributed by atoms with van der Waals surface area (Å²) in [6.45, 7) is 0. The molecule has 0 fully saturated rings. The number of nitrogens with zero attached hydrogens (tertiary/aromatic N) is 3. The molecule has 0 saturated heterocycles. The van der Waals surface area contributed by atoms with Crippen LogP contribution >= 0.6 is 0 Å². The van der Waals surface area contributed by atoms with Gasteiger partial charge in [-0.05, 0) is 12.1 Å². The Balaban J connectivity index is 2.46. The van der Waals surface area contributed by atoms with E-state index in [1.807, 2.05) is 0 Å². The Hall–Kier alpha value is -2.64. The first-order valence-electron chi connectivity index (χ1n) is 5.43. The van der Waals surface area contributed by atoms with Gasteiger partial charge in [-0.2, -0.15) is 0 Å². The Morgan fingerprint density at radius 3 is 2.35 bits per heavy atom. The molecule has 3 rings (SSSR count). The van der Waals surface area contributed by atoms with Gasteiger partial charge in [0.25, 0.3) is 0 Å². The molecule has 0 aliphatic heterocycles. The predicted molar refractivity (Wildman–Crippen MR) is 63.1 cm³/mol. The first kappa shape index (κ1) is 12.4. The van der Waals surface area contributed by atoms with Crippen molar-refractivity contribution in [1.29, 1.82) is 0 Å². The number of hydrogen-bond donors (Lipinski definition) is 1. The standard InChI is InChI=1S/C12H6F4N4/c13-5-4-6(14)9(16)10(8(5)15)20-11-7(19-12(20)17)2-1-3-18-11/h1-4H,(H2,17,19). The monoisotopic (exact) mass is 282 g/mol. The molecule has 0 aliphatic rings. The molecule has 1 aromatic carbocycles. The van der Waals surface area contributed by atoms with E-state index in [1.165, 1.54) is 18.3 Å². The highest BCUT2D eigenvalue weighted by Crippen LogP contribution is 2.28. The second-order valence-electron chi connectivity index (χ2n) is 3.97. The third kappa shape index (κ3) is 1.61. The van der Waals surface area contributed by atoms with E-state index >= 15 is 0 Å². The van der Waals surface area contributed by atoms with Crippen molar-refractivity contribution in [3.8, 4) is 5.69 Å². The van der Waals surface area contributed by atoms with Gasteiger partial charge in [0.05, 0.1) is 0 Å². The predicted octanol–water partition coefficient (Wildman–Crippen LogP) is 2.56. The lowest BCUT2D eigenvalue weighted by molar-refractivity contribution is 0.449. The van der Waals surface area contributed by atoms with Gasteiger partial charge in [0, 0.05) is 12.3 Å². The average molecular weight is 282 g/mol. The Bertz CT molecular complexity index is 802. The van der Waals surface area contributed by atoms with Gasteiger partial charge < -0.3 is 5.73 Å². The van der Waals surface area contributed by atoms with Gasteiger partial charge in [-0.15, -0.1) is 0 Å². The number of halogens is 4. The molecule has 0 aliphatic carbocycles. The molecule has 0 saturated carbocycles. The van der Waals surface area contributed by atoms with E-state index in [2.05, 4.69) is 9.97 Å². The van der Waals surface area contributed by atoms with Crippen molar-refractivity contribution in [1.82, 2.24) is 14.5 Å². The van der Waals surface area contributed by atoms with Gasteiger partial charge in [-0.1, -0.05) is 0 Å². The number of nitrogen functional groups attached to an aromatic ring is 1. The van der Waals surface area contributed by atoms with Gasteiger partial charge in [-0.25, -0.2) is 27.5 Å². The molecule has 102 valence electrons. The maximum Gasteiger partial charge on any atom is 0.207 e. The van der Waals surface area contributed by atoms with Crippen LogP contribution in [0.3, 0.4) is 0 Å². The molecule has 20 heavy (non-hydrogen) atoms. The molecule has 2 heterocycles. The second kappa shape index (κ2) is 4.19. The van der Waals surface area contributed by atoms with Crippen molar-refractivity contribution in [2.45, 2.75) is 0 Å². The van der Waals surface area contributed by atoms with E-state index in [0.29, 0.717) is 0 Å². The molecule has 0 unspecified atom stereocenters. The fourth-order valence-electron chi connectivity index (χ4n) is 1.91. The molecule has 0 radical (unpaired) electrons. The summed E-state index contributed by atoms with van der Waals surface area (Å²) in [5.41, 5.74) is 4.81. The van der Waals surface area contributed by atoms with Crippen LogP contribution in [-0.2, 0) is 0 Å². The van der Waals surface area contributed by atoms with E-state index in [4.69, 9.17) is 5.73 Å². The summed E-state index contributed by atoms with van der Waals surface area (Å²) < 4.78 is 54.9. The van der Waals surface area contributed by atoms with Crippen molar-refractivity contribution in [3.63, 3.8) is 0 Å². The zero-order valence-corrected chi connectivity index (χ0v) is 9.74. The lowest BCUT2D eigenvalue weighted by Gasteiger charge is -2.09. The van der Waals surface area contributed by atoms with E-state index in [9.17, 15) is 17.6 Å². The molecule has 0 atom stereocenters. The van der Waals surface area contributed by atoms with Crippen LogP contribution < -0.4 is 5.73 Å². The Morgan fingerprint density at radius 1 is 1.05 bits per heavy atom. The zero-order chi connectivity index (χ0) is 14.4. The largest absolute Gasteiger partial charge is 0.369 e. The minimum Gasteiger partial charge on any atom is -0.369 e. The summed E-state index contributed by atoms with van der Waals surface area (Å²) >= 11 is 0. The fourth-order valence-corrected chi connectivity index (χ4v) is 1.91. The zero-order valence-electron chi connectivity index (χ0n) is 9.74. The SMILES string of the molecule is Nc1nc2cccnc2n1-c1c(F)c(F)cc(F)c1F. The van der Waals surface area contributed by atoms with Gasteiger partial charge in [0.2, 0.25) is 5.95 Å². The van der Waals surface area contributed by atoms with Gasteiger partial charge >= 0.3 is 0 Å². The Morgan fingerprint density at radius 2 is 1.70 bits per heavy atom. The number of hydrogen-bond acceptors (Lipinski definition) is 3. The van der Waals surface area contributed by atoms with Crippen LogP contribution in [0, 0.1) is 23.3 Å². The third-order valence-corrected chi connectivity index (χ3v) is 2.75. The first-order valence-corrected chi connectivity index (χ1v) is 5.43. The van der Waals surface area contributed by atoms with Crippen LogP contribution in [0.5, 0.6) is 0 Å². The van der Waals surface area contributed by atoms with Crippen LogP contribution in [0.4, 0.5) is 23.5 Å².